The monoisotopic (exact) mass is 284 g/mol. The van der Waals surface area contributed by atoms with E-state index in [0.717, 1.165) is 0 Å². The van der Waals surface area contributed by atoms with Crippen LogP contribution in [0.2, 0.25) is 0 Å². The molecule has 1 aromatic rings. The van der Waals surface area contributed by atoms with Crippen molar-refractivity contribution < 1.29 is 8.78 Å². The van der Waals surface area contributed by atoms with Crippen molar-refractivity contribution in [2.75, 3.05) is 5.73 Å². The van der Waals surface area contributed by atoms with Gasteiger partial charge in [0.2, 0.25) is 0 Å². The summed E-state index contributed by atoms with van der Waals surface area (Å²) in [6.07, 6.45) is -1.13. The first kappa shape index (κ1) is 9.63. The standard InChI is InChI=1S/C7H7F2IN2/c1-3-5(6(8)9)4(10)2-12-7(3)11/h2,6H,1H3,(H2,11,12). The molecule has 0 spiro atoms. The number of anilines is 1. The quantitative estimate of drug-likeness (QED) is 0.805. The summed E-state index contributed by atoms with van der Waals surface area (Å²) in [6, 6.07) is 0. The van der Waals surface area contributed by atoms with Crippen LogP contribution in [0.3, 0.4) is 0 Å². The third-order valence-electron chi connectivity index (χ3n) is 1.58. The Balaban J connectivity index is 3.33. The molecular formula is C7H7F2IN2. The molecule has 0 radical (unpaired) electrons. The highest BCUT2D eigenvalue weighted by Crippen LogP contribution is 2.29. The fourth-order valence-corrected chi connectivity index (χ4v) is 1.66. The van der Waals surface area contributed by atoms with Crippen molar-refractivity contribution in [2.45, 2.75) is 13.3 Å². The van der Waals surface area contributed by atoms with Crippen molar-refractivity contribution in [3.05, 3.63) is 20.9 Å². The SMILES string of the molecule is Cc1c(N)ncc(I)c1C(F)F. The van der Waals surface area contributed by atoms with Gasteiger partial charge < -0.3 is 5.73 Å². The molecule has 66 valence electrons. The zero-order valence-electron chi connectivity index (χ0n) is 6.31. The maximum absolute atomic E-state index is 12.4. The Bertz CT molecular complexity index is 302. The Labute approximate surface area is 82.3 Å². The molecule has 0 fully saturated rings. The minimum absolute atomic E-state index is 0.0110. The number of nitrogen functional groups attached to an aromatic ring is 1. The second-order valence-corrected chi connectivity index (χ2v) is 3.49. The van der Waals surface area contributed by atoms with Crippen molar-refractivity contribution in [1.29, 1.82) is 0 Å². The van der Waals surface area contributed by atoms with Gasteiger partial charge in [-0.05, 0) is 29.5 Å². The summed E-state index contributed by atoms with van der Waals surface area (Å²) >= 11 is 1.82. The summed E-state index contributed by atoms with van der Waals surface area (Å²) in [5.41, 5.74) is 5.74. The second-order valence-electron chi connectivity index (χ2n) is 2.33. The van der Waals surface area contributed by atoms with Gasteiger partial charge >= 0.3 is 0 Å². The van der Waals surface area contributed by atoms with Gasteiger partial charge in [0.15, 0.2) is 0 Å². The van der Waals surface area contributed by atoms with Gasteiger partial charge in [0, 0.05) is 20.9 Å². The molecule has 0 unspecified atom stereocenters. The molecular weight excluding hydrogens is 277 g/mol. The van der Waals surface area contributed by atoms with Gasteiger partial charge in [0.05, 0.1) is 0 Å². The van der Waals surface area contributed by atoms with E-state index in [-0.39, 0.29) is 11.4 Å². The average Bonchev–Trinajstić information content (AvgIpc) is 1.97. The first-order valence-corrected chi connectivity index (χ1v) is 4.30. The van der Waals surface area contributed by atoms with Crippen LogP contribution in [0.1, 0.15) is 17.6 Å². The van der Waals surface area contributed by atoms with Gasteiger partial charge in [0.25, 0.3) is 6.43 Å². The van der Waals surface area contributed by atoms with Crippen molar-refractivity contribution in [3.8, 4) is 0 Å². The topological polar surface area (TPSA) is 38.9 Å². The van der Waals surface area contributed by atoms with Gasteiger partial charge in [0.1, 0.15) is 5.82 Å². The first-order chi connectivity index (χ1) is 5.54. The highest BCUT2D eigenvalue weighted by atomic mass is 127. The van der Waals surface area contributed by atoms with Crippen LogP contribution >= 0.6 is 22.6 Å². The molecule has 2 N–H and O–H groups in total. The minimum atomic E-state index is -2.48. The van der Waals surface area contributed by atoms with E-state index in [1.807, 2.05) is 22.6 Å². The van der Waals surface area contributed by atoms with Crippen molar-refractivity contribution in [3.63, 3.8) is 0 Å². The average molecular weight is 284 g/mol. The summed E-state index contributed by atoms with van der Waals surface area (Å²) in [6.45, 7) is 1.55. The Morgan fingerprint density at radius 1 is 1.58 bits per heavy atom. The van der Waals surface area contributed by atoms with Crippen LogP contribution in [0, 0.1) is 10.5 Å². The molecule has 0 aliphatic heterocycles. The minimum Gasteiger partial charge on any atom is -0.383 e. The molecule has 0 aliphatic rings. The summed E-state index contributed by atoms with van der Waals surface area (Å²) in [5.74, 6) is 0.172. The number of hydrogen-bond acceptors (Lipinski definition) is 2. The lowest BCUT2D eigenvalue weighted by Crippen LogP contribution is -2.01. The molecule has 0 amide bonds. The number of aromatic nitrogens is 1. The fraction of sp³-hybridized carbons (Fsp3) is 0.286. The third-order valence-corrected chi connectivity index (χ3v) is 2.44. The van der Waals surface area contributed by atoms with Crippen molar-refractivity contribution >= 4 is 28.4 Å². The molecule has 1 heterocycles. The number of alkyl halides is 2. The van der Waals surface area contributed by atoms with Gasteiger partial charge in [-0.2, -0.15) is 0 Å². The highest BCUT2D eigenvalue weighted by Gasteiger charge is 2.16. The number of rotatable bonds is 1. The smallest absolute Gasteiger partial charge is 0.265 e. The van der Waals surface area contributed by atoms with E-state index in [4.69, 9.17) is 5.73 Å². The van der Waals surface area contributed by atoms with Crippen LogP contribution in [-0.4, -0.2) is 4.98 Å². The number of nitrogens with two attached hydrogens (primary N) is 1. The lowest BCUT2D eigenvalue weighted by Gasteiger charge is -2.08. The van der Waals surface area contributed by atoms with E-state index in [1.54, 1.807) is 6.92 Å². The van der Waals surface area contributed by atoms with Gasteiger partial charge in [-0.3, -0.25) is 0 Å². The van der Waals surface area contributed by atoms with E-state index in [2.05, 4.69) is 4.98 Å². The molecule has 1 rings (SSSR count). The van der Waals surface area contributed by atoms with Crippen LogP contribution in [-0.2, 0) is 0 Å². The Morgan fingerprint density at radius 3 is 2.58 bits per heavy atom. The molecule has 0 saturated heterocycles. The zero-order valence-corrected chi connectivity index (χ0v) is 8.47. The molecule has 2 nitrogen and oxygen atoms in total. The lowest BCUT2D eigenvalue weighted by atomic mass is 10.1. The number of hydrogen-bond donors (Lipinski definition) is 1. The zero-order chi connectivity index (χ0) is 9.30. The molecule has 5 heteroatoms. The van der Waals surface area contributed by atoms with Crippen LogP contribution in [0.5, 0.6) is 0 Å². The largest absolute Gasteiger partial charge is 0.383 e. The van der Waals surface area contributed by atoms with E-state index in [1.165, 1.54) is 6.20 Å². The Morgan fingerprint density at radius 2 is 2.17 bits per heavy atom. The van der Waals surface area contributed by atoms with Gasteiger partial charge in [-0.1, -0.05) is 0 Å². The van der Waals surface area contributed by atoms with E-state index in [0.29, 0.717) is 9.13 Å². The summed E-state index contributed by atoms with van der Waals surface area (Å²) < 4.78 is 25.2. The van der Waals surface area contributed by atoms with Crippen molar-refractivity contribution in [1.82, 2.24) is 4.98 Å². The summed E-state index contributed by atoms with van der Waals surface area (Å²) in [4.78, 5) is 3.76. The molecule has 0 bridgehead atoms. The molecule has 0 aromatic carbocycles. The van der Waals surface area contributed by atoms with E-state index >= 15 is 0 Å². The van der Waals surface area contributed by atoms with Gasteiger partial charge in [-0.15, -0.1) is 0 Å². The predicted molar refractivity (Wildman–Crippen MR) is 51.1 cm³/mol. The van der Waals surface area contributed by atoms with Crippen LogP contribution in [0.4, 0.5) is 14.6 Å². The summed E-state index contributed by atoms with van der Waals surface area (Å²) in [5, 5.41) is 0. The lowest BCUT2D eigenvalue weighted by molar-refractivity contribution is 0.149. The molecule has 12 heavy (non-hydrogen) atoms. The molecule has 0 saturated carbocycles. The summed E-state index contributed by atoms with van der Waals surface area (Å²) in [7, 11) is 0. The van der Waals surface area contributed by atoms with Crippen molar-refractivity contribution in [2.24, 2.45) is 0 Å². The number of nitrogens with zero attached hydrogens (tertiary/aromatic N) is 1. The first-order valence-electron chi connectivity index (χ1n) is 3.22. The number of pyridine rings is 1. The third kappa shape index (κ3) is 1.65. The molecule has 1 aromatic heterocycles. The Kier molecular flexibility index (Phi) is 2.81. The fourth-order valence-electron chi connectivity index (χ4n) is 0.878. The Hall–Kier alpha value is -0.460. The molecule has 0 aliphatic carbocycles. The highest BCUT2D eigenvalue weighted by molar-refractivity contribution is 14.1. The predicted octanol–water partition coefficient (Wildman–Crippen LogP) is 2.51. The van der Waals surface area contributed by atoms with Crippen LogP contribution in [0.25, 0.3) is 0 Å². The van der Waals surface area contributed by atoms with Crippen LogP contribution < -0.4 is 5.73 Å². The second kappa shape index (κ2) is 3.51. The van der Waals surface area contributed by atoms with Crippen LogP contribution in [0.15, 0.2) is 6.20 Å². The van der Waals surface area contributed by atoms with E-state index in [9.17, 15) is 8.78 Å². The molecule has 0 atom stereocenters. The number of halogens is 3. The normalized spacial score (nSPS) is 10.8. The van der Waals surface area contributed by atoms with Gasteiger partial charge in [-0.25, -0.2) is 13.8 Å². The maximum atomic E-state index is 12.4. The maximum Gasteiger partial charge on any atom is 0.265 e. The van der Waals surface area contributed by atoms with E-state index < -0.39 is 6.43 Å².